The molecule has 178 valence electrons. The number of likely N-dealkylation sites (N-methyl/N-ethyl adjacent to an activating group) is 1. The summed E-state index contributed by atoms with van der Waals surface area (Å²) in [4.78, 5) is 16.8. The smallest absolute Gasteiger partial charge is 0.281 e. The zero-order valence-electron chi connectivity index (χ0n) is 20.0. The summed E-state index contributed by atoms with van der Waals surface area (Å²) in [5.74, 6) is 0.577. The lowest BCUT2D eigenvalue weighted by Gasteiger charge is -2.16. The molecule has 0 bridgehead atoms. The van der Waals surface area contributed by atoms with E-state index in [0.717, 1.165) is 27.8 Å². The van der Waals surface area contributed by atoms with Gasteiger partial charge in [0.2, 0.25) is 0 Å². The lowest BCUT2D eigenvalue weighted by Crippen LogP contribution is -2.31. The number of aromatic nitrogens is 1. The average Bonchev–Trinajstić information content (AvgIpc) is 3.35. The SMILES string of the molecule is CCOc1ccc(N2C(=O)/C(=C/c3cn(Cc4ccc(C#N)cc4)c4ccccc34)N(C)C2=S)cc1. The number of nitrogens with zero attached hydrogens (tertiary/aromatic N) is 4. The zero-order valence-corrected chi connectivity index (χ0v) is 20.8. The number of rotatable bonds is 6. The van der Waals surface area contributed by atoms with Crippen molar-refractivity contribution < 1.29 is 9.53 Å². The fourth-order valence-corrected chi connectivity index (χ4v) is 4.68. The van der Waals surface area contributed by atoms with Crippen molar-refractivity contribution in [1.82, 2.24) is 9.47 Å². The second kappa shape index (κ2) is 9.68. The molecular weight excluding hydrogens is 468 g/mol. The van der Waals surface area contributed by atoms with Gasteiger partial charge in [-0.1, -0.05) is 30.3 Å². The summed E-state index contributed by atoms with van der Waals surface area (Å²) < 4.78 is 7.68. The number of fused-ring (bicyclic) bond motifs is 1. The fourth-order valence-electron chi connectivity index (χ4n) is 4.39. The van der Waals surface area contributed by atoms with E-state index in [1.807, 2.05) is 80.7 Å². The first-order valence-electron chi connectivity index (χ1n) is 11.6. The Morgan fingerprint density at radius 2 is 1.75 bits per heavy atom. The molecule has 1 saturated heterocycles. The van der Waals surface area contributed by atoms with Gasteiger partial charge in [-0.05, 0) is 73.2 Å². The summed E-state index contributed by atoms with van der Waals surface area (Å²) in [5, 5.41) is 10.5. The maximum Gasteiger partial charge on any atom is 0.281 e. The van der Waals surface area contributed by atoms with Crippen LogP contribution >= 0.6 is 12.2 Å². The first-order chi connectivity index (χ1) is 17.5. The van der Waals surface area contributed by atoms with Crippen LogP contribution in [0.4, 0.5) is 5.69 Å². The van der Waals surface area contributed by atoms with Crippen LogP contribution in [0, 0.1) is 11.3 Å². The standard InChI is InChI=1S/C29H24N4O2S/c1-3-35-24-14-12-23(13-15-24)33-28(34)27(31(2)29(33)36)16-22-19-32(26-7-5-4-6-25(22)26)18-21-10-8-20(17-30)9-11-21/h4-16,19H,3,18H2,1-2H3/b27-16-. The highest BCUT2D eigenvalue weighted by molar-refractivity contribution is 7.80. The van der Waals surface area contributed by atoms with Crippen molar-refractivity contribution in [2.45, 2.75) is 13.5 Å². The van der Waals surface area contributed by atoms with Gasteiger partial charge in [0, 0.05) is 36.3 Å². The Kier molecular flexibility index (Phi) is 6.28. The van der Waals surface area contributed by atoms with E-state index >= 15 is 0 Å². The molecule has 36 heavy (non-hydrogen) atoms. The van der Waals surface area contributed by atoms with Crippen LogP contribution in [0.15, 0.2) is 84.7 Å². The molecule has 0 atom stereocenters. The van der Waals surface area contributed by atoms with Gasteiger partial charge in [-0.15, -0.1) is 0 Å². The van der Waals surface area contributed by atoms with Gasteiger partial charge in [-0.3, -0.25) is 9.69 Å². The van der Waals surface area contributed by atoms with Gasteiger partial charge < -0.3 is 14.2 Å². The fraction of sp³-hybridized carbons (Fsp3) is 0.138. The van der Waals surface area contributed by atoms with Crippen LogP contribution in [-0.4, -0.2) is 34.1 Å². The Morgan fingerprint density at radius 3 is 2.44 bits per heavy atom. The highest BCUT2D eigenvalue weighted by Gasteiger charge is 2.37. The molecule has 6 nitrogen and oxygen atoms in total. The Hall–Kier alpha value is -4.41. The van der Waals surface area contributed by atoms with E-state index in [2.05, 4.69) is 29.0 Å². The zero-order chi connectivity index (χ0) is 25.2. The van der Waals surface area contributed by atoms with E-state index in [0.29, 0.717) is 35.2 Å². The number of carbonyl (C=O) groups excluding carboxylic acids is 1. The largest absolute Gasteiger partial charge is 0.494 e. The molecular formula is C29H24N4O2S. The minimum Gasteiger partial charge on any atom is -0.494 e. The van der Waals surface area contributed by atoms with Crippen molar-refractivity contribution in [3.63, 3.8) is 0 Å². The molecule has 2 heterocycles. The van der Waals surface area contributed by atoms with Gasteiger partial charge in [-0.2, -0.15) is 5.26 Å². The first kappa shape index (κ1) is 23.3. The highest BCUT2D eigenvalue weighted by atomic mass is 32.1. The van der Waals surface area contributed by atoms with Crippen LogP contribution in [0.25, 0.3) is 17.0 Å². The first-order valence-corrected chi connectivity index (χ1v) is 12.0. The third-order valence-electron chi connectivity index (χ3n) is 6.22. The van der Waals surface area contributed by atoms with Crippen molar-refractivity contribution >= 4 is 45.9 Å². The predicted octanol–water partition coefficient (Wildman–Crippen LogP) is 5.56. The Labute approximate surface area is 215 Å². The number of hydrogen-bond acceptors (Lipinski definition) is 4. The quantitative estimate of drug-likeness (QED) is 0.260. The highest BCUT2D eigenvalue weighted by Crippen LogP contribution is 2.31. The molecule has 0 saturated carbocycles. The molecule has 1 aliphatic heterocycles. The molecule has 1 aliphatic rings. The Balaban J connectivity index is 1.49. The minimum absolute atomic E-state index is 0.171. The van der Waals surface area contributed by atoms with Crippen LogP contribution in [-0.2, 0) is 11.3 Å². The van der Waals surface area contributed by atoms with Crippen LogP contribution in [0.2, 0.25) is 0 Å². The number of para-hydroxylation sites is 1. The van der Waals surface area contributed by atoms with Gasteiger partial charge in [0.1, 0.15) is 11.4 Å². The third kappa shape index (κ3) is 4.23. The van der Waals surface area contributed by atoms with Crippen LogP contribution in [0.5, 0.6) is 5.75 Å². The van der Waals surface area contributed by atoms with Gasteiger partial charge in [0.15, 0.2) is 5.11 Å². The van der Waals surface area contributed by atoms with Gasteiger partial charge >= 0.3 is 0 Å². The van der Waals surface area contributed by atoms with Crippen molar-refractivity contribution in [3.8, 4) is 11.8 Å². The second-order valence-electron chi connectivity index (χ2n) is 8.48. The van der Waals surface area contributed by atoms with Crippen LogP contribution in [0.1, 0.15) is 23.6 Å². The van der Waals surface area contributed by atoms with Gasteiger partial charge in [-0.25, -0.2) is 0 Å². The molecule has 5 rings (SSSR count). The van der Waals surface area contributed by atoms with Crippen molar-refractivity contribution in [1.29, 1.82) is 5.26 Å². The molecule has 0 aliphatic carbocycles. The summed E-state index contributed by atoms with van der Waals surface area (Å²) in [5.41, 5.74) is 4.93. The lowest BCUT2D eigenvalue weighted by atomic mass is 10.1. The third-order valence-corrected chi connectivity index (χ3v) is 6.67. The summed E-state index contributed by atoms with van der Waals surface area (Å²) in [7, 11) is 1.82. The van der Waals surface area contributed by atoms with Gasteiger partial charge in [0.05, 0.1) is 23.9 Å². The number of benzene rings is 3. The minimum atomic E-state index is -0.171. The summed E-state index contributed by atoms with van der Waals surface area (Å²) >= 11 is 5.64. The van der Waals surface area contributed by atoms with E-state index < -0.39 is 0 Å². The summed E-state index contributed by atoms with van der Waals surface area (Å²) in [6.07, 6.45) is 3.96. The summed E-state index contributed by atoms with van der Waals surface area (Å²) in [6, 6.07) is 25.2. The molecule has 0 N–H and O–H groups in total. The summed E-state index contributed by atoms with van der Waals surface area (Å²) in [6.45, 7) is 3.16. The van der Waals surface area contributed by atoms with E-state index in [1.165, 1.54) is 0 Å². The molecule has 1 amide bonds. The maximum absolute atomic E-state index is 13.5. The van der Waals surface area contributed by atoms with Crippen LogP contribution < -0.4 is 9.64 Å². The number of thiocarbonyl (C=S) groups is 1. The van der Waals surface area contributed by atoms with Crippen molar-refractivity contribution in [3.05, 3.63) is 101 Å². The van der Waals surface area contributed by atoms with Gasteiger partial charge in [0.25, 0.3) is 5.91 Å². The molecule has 3 aromatic carbocycles. The van der Waals surface area contributed by atoms with Crippen molar-refractivity contribution in [2.24, 2.45) is 0 Å². The molecule has 7 heteroatoms. The molecule has 1 fully saturated rings. The second-order valence-corrected chi connectivity index (χ2v) is 8.84. The molecule has 0 spiro atoms. The Bertz CT molecular complexity index is 1530. The molecule has 0 unspecified atom stereocenters. The van der Waals surface area contributed by atoms with Crippen molar-refractivity contribution in [2.75, 3.05) is 18.6 Å². The lowest BCUT2D eigenvalue weighted by molar-refractivity contribution is -0.114. The number of hydrogen-bond donors (Lipinski definition) is 0. The number of anilines is 1. The number of amides is 1. The predicted molar refractivity (Wildman–Crippen MR) is 146 cm³/mol. The molecule has 1 aromatic heterocycles. The normalized spacial score (nSPS) is 14.6. The van der Waals surface area contributed by atoms with E-state index in [9.17, 15) is 4.79 Å². The average molecular weight is 493 g/mol. The number of nitriles is 1. The monoisotopic (exact) mass is 492 g/mol. The molecule has 0 radical (unpaired) electrons. The maximum atomic E-state index is 13.5. The number of ether oxygens (including phenoxy) is 1. The van der Waals surface area contributed by atoms with E-state index in [1.54, 1.807) is 9.80 Å². The van der Waals surface area contributed by atoms with E-state index in [-0.39, 0.29) is 5.91 Å². The number of carbonyl (C=O) groups is 1. The topological polar surface area (TPSA) is 61.5 Å². The molecule has 4 aromatic rings. The van der Waals surface area contributed by atoms with Crippen LogP contribution in [0.3, 0.4) is 0 Å². The van der Waals surface area contributed by atoms with E-state index in [4.69, 9.17) is 22.2 Å². The Morgan fingerprint density at radius 1 is 1.03 bits per heavy atom.